The SMILES string of the molecule is NC(CCNC(=O)CCCc1cccs1)c1ccccc1. The van der Waals surface area contributed by atoms with Crippen LogP contribution in [0, 0.1) is 0 Å². The van der Waals surface area contributed by atoms with Crippen molar-refractivity contribution < 1.29 is 4.79 Å². The molecule has 0 aliphatic carbocycles. The molecule has 2 rings (SSSR count). The number of hydrogen-bond acceptors (Lipinski definition) is 3. The number of nitrogens with one attached hydrogen (secondary N) is 1. The molecule has 3 nitrogen and oxygen atoms in total. The summed E-state index contributed by atoms with van der Waals surface area (Å²) < 4.78 is 0. The Kier molecular flexibility index (Phi) is 6.44. The summed E-state index contributed by atoms with van der Waals surface area (Å²) >= 11 is 1.75. The highest BCUT2D eigenvalue weighted by Crippen LogP contribution is 2.13. The molecule has 112 valence electrons. The molecule has 1 aromatic heterocycles. The second kappa shape index (κ2) is 8.60. The van der Waals surface area contributed by atoms with Crippen LogP contribution in [0.1, 0.15) is 35.7 Å². The zero-order chi connectivity index (χ0) is 14.9. The molecule has 1 amide bonds. The van der Waals surface area contributed by atoms with Gasteiger partial charge in [0, 0.05) is 23.9 Å². The lowest BCUT2D eigenvalue weighted by Crippen LogP contribution is -2.27. The van der Waals surface area contributed by atoms with Crippen molar-refractivity contribution >= 4 is 17.2 Å². The van der Waals surface area contributed by atoms with Crippen LogP contribution < -0.4 is 11.1 Å². The van der Waals surface area contributed by atoms with Gasteiger partial charge in [-0.25, -0.2) is 0 Å². The van der Waals surface area contributed by atoms with Crippen LogP contribution in [-0.4, -0.2) is 12.5 Å². The summed E-state index contributed by atoms with van der Waals surface area (Å²) in [6.45, 7) is 0.633. The summed E-state index contributed by atoms with van der Waals surface area (Å²) in [5, 5.41) is 5.02. The number of carbonyl (C=O) groups is 1. The molecule has 0 saturated heterocycles. The van der Waals surface area contributed by atoms with Crippen molar-refractivity contribution in [3.05, 3.63) is 58.3 Å². The molecule has 1 heterocycles. The maximum atomic E-state index is 11.7. The number of amides is 1. The van der Waals surface area contributed by atoms with E-state index in [2.05, 4.69) is 16.8 Å². The molecule has 21 heavy (non-hydrogen) atoms. The number of nitrogens with two attached hydrogens (primary N) is 1. The number of benzene rings is 1. The Labute approximate surface area is 130 Å². The van der Waals surface area contributed by atoms with Gasteiger partial charge in [0.1, 0.15) is 0 Å². The van der Waals surface area contributed by atoms with Crippen molar-refractivity contribution in [1.29, 1.82) is 0 Å². The second-order valence-corrected chi connectivity index (χ2v) is 6.12. The van der Waals surface area contributed by atoms with Crippen LogP contribution >= 0.6 is 11.3 Å². The largest absolute Gasteiger partial charge is 0.356 e. The molecule has 3 N–H and O–H groups in total. The van der Waals surface area contributed by atoms with E-state index in [-0.39, 0.29) is 11.9 Å². The first-order valence-electron chi connectivity index (χ1n) is 7.35. The van der Waals surface area contributed by atoms with Crippen LogP contribution in [0.5, 0.6) is 0 Å². The Balaban J connectivity index is 1.58. The van der Waals surface area contributed by atoms with Crippen LogP contribution in [-0.2, 0) is 11.2 Å². The zero-order valence-electron chi connectivity index (χ0n) is 12.1. The standard InChI is InChI=1S/C17H22N2OS/c18-16(14-6-2-1-3-7-14)11-12-19-17(20)10-4-8-15-9-5-13-21-15/h1-3,5-7,9,13,16H,4,8,10-12,18H2,(H,19,20). The van der Waals surface area contributed by atoms with E-state index in [1.807, 2.05) is 36.4 Å². The third-order valence-electron chi connectivity index (χ3n) is 3.41. The number of aryl methyl sites for hydroxylation is 1. The van der Waals surface area contributed by atoms with Gasteiger partial charge in [-0.2, -0.15) is 0 Å². The van der Waals surface area contributed by atoms with Crippen LogP contribution in [0.3, 0.4) is 0 Å². The molecule has 2 aromatic rings. The first-order chi connectivity index (χ1) is 10.3. The summed E-state index contributed by atoms with van der Waals surface area (Å²) in [4.78, 5) is 13.1. The zero-order valence-corrected chi connectivity index (χ0v) is 12.9. The fourth-order valence-corrected chi connectivity index (χ4v) is 2.95. The molecular formula is C17H22N2OS. The number of thiophene rings is 1. The van der Waals surface area contributed by atoms with Gasteiger partial charge in [-0.15, -0.1) is 11.3 Å². The van der Waals surface area contributed by atoms with Gasteiger partial charge in [0.15, 0.2) is 0 Å². The molecule has 0 saturated carbocycles. The Hall–Kier alpha value is -1.65. The molecule has 0 bridgehead atoms. The molecule has 4 heteroatoms. The Morgan fingerprint density at radius 3 is 2.71 bits per heavy atom. The maximum Gasteiger partial charge on any atom is 0.220 e. The summed E-state index contributed by atoms with van der Waals surface area (Å²) in [6, 6.07) is 14.1. The normalized spacial score (nSPS) is 12.0. The predicted octanol–water partition coefficient (Wildman–Crippen LogP) is 3.28. The van der Waals surface area contributed by atoms with E-state index in [0.29, 0.717) is 13.0 Å². The minimum Gasteiger partial charge on any atom is -0.356 e. The van der Waals surface area contributed by atoms with Gasteiger partial charge in [-0.3, -0.25) is 4.79 Å². The first-order valence-corrected chi connectivity index (χ1v) is 8.23. The highest BCUT2D eigenvalue weighted by Gasteiger charge is 2.06. The molecule has 0 aliphatic rings. The van der Waals surface area contributed by atoms with E-state index < -0.39 is 0 Å². The Bertz CT molecular complexity index is 525. The molecule has 0 radical (unpaired) electrons. The van der Waals surface area contributed by atoms with Gasteiger partial charge in [0.2, 0.25) is 5.91 Å². The van der Waals surface area contributed by atoms with E-state index in [1.165, 1.54) is 4.88 Å². The molecule has 0 aliphatic heterocycles. The van der Waals surface area contributed by atoms with E-state index >= 15 is 0 Å². The Morgan fingerprint density at radius 2 is 2.00 bits per heavy atom. The van der Waals surface area contributed by atoms with Crippen LogP contribution in [0.25, 0.3) is 0 Å². The third kappa shape index (κ3) is 5.69. The van der Waals surface area contributed by atoms with Crippen molar-refractivity contribution in [2.75, 3.05) is 6.54 Å². The fraction of sp³-hybridized carbons (Fsp3) is 0.353. The molecule has 0 spiro atoms. The number of rotatable bonds is 8. The van der Waals surface area contributed by atoms with Crippen LogP contribution in [0.4, 0.5) is 0 Å². The van der Waals surface area contributed by atoms with Gasteiger partial charge in [0.05, 0.1) is 0 Å². The molecule has 1 unspecified atom stereocenters. The lowest BCUT2D eigenvalue weighted by Gasteiger charge is -2.12. The van der Waals surface area contributed by atoms with Gasteiger partial charge in [0.25, 0.3) is 0 Å². The summed E-state index contributed by atoms with van der Waals surface area (Å²) in [5.41, 5.74) is 7.21. The van der Waals surface area contributed by atoms with E-state index in [0.717, 1.165) is 24.8 Å². The topological polar surface area (TPSA) is 55.1 Å². The molecule has 0 fully saturated rings. The number of carbonyl (C=O) groups excluding carboxylic acids is 1. The van der Waals surface area contributed by atoms with Crippen molar-refractivity contribution in [2.24, 2.45) is 5.73 Å². The first kappa shape index (κ1) is 15.7. The third-order valence-corrected chi connectivity index (χ3v) is 4.35. The van der Waals surface area contributed by atoms with Gasteiger partial charge >= 0.3 is 0 Å². The highest BCUT2D eigenvalue weighted by molar-refractivity contribution is 7.09. The van der Waals surface area contributed by atoms with E-state index in [1.54, 1.807) is 11.3 Å². The van der Waals surface area contributed by atoms with Crippen molar-refractivity contribution in [3.63, 3.8) is 0 Å². The van der Waals surface area contributed by atoms with Crippen molar-refractivity contribution in [3.8, 4) is 0 Å². The minimum absolute atomic E-state index is 0.0161. The summed E-state index contributed by atoms with van der Waals surface area (Å²) in [5.74, 6) is 0.117. The minimum atomic E-state index is -0.0161. The maximum absolute atomic E-state index is 11.7. The average Bonchev–Trinajstić information content (AvgIpc) is 3.01. The second-order valence-electron chi connectivity index (χ2n) is 5.09. The molecule has 1 aromatic carbocycles. The smallest absolute Gasteiger partial charge is 0.220 e. The lowest BCUT2D eigenvalue weighted by molar-refractivity contribution is -0.121. The summed E-state index contributed by atoms with van der Waals surface area (Å²) in [7, 11) is 0. The lowest BCUT2D eigenvalue weighted by atomic mass is 10.1. The average molecular weight is 302 g/mol. The van der Waals surface area contributed by atoms with Crippen molar-refractivity contribution in [1.82, 2.24) is 5.32 Å². The van der Waals surface area contributed by atoms with Crippen LogP contribution in [0.15, 0.2) is 47.8 Å². The Morgan fingerprint density at radius 1 is 1.19 bits per heavy atom. The predicted molar refractivity (Wildman–Crippen MR) is 88.3 cm³/mol. The van der Waals surface area contributed by atoms with Gasteiger partial charge in [-0.1, -0.05) is 36.4 Å². The van der Waals surface area contributed by atoms with Crippen LogP contribution in [0.2, 0.25) is 0 Å². The van der Waals surface area contributed by atoms with Gasteiger partial charge in [-0.05, 0) is 36.3 Å². The van der Waals surface area contributed by atoms with E-state index in [4.69, 9.17) is 5.73 Å². The summed E-state index contributed by atoms with van der Waals surface area (Å²) in [6.07, 6.45) is 3.23. The quantitative estimate of drug-likeness (QED) is 0.786. The van der Waals surface area contributed by atoms with Crippen molar-refractivity contribution in [2.45, 2.75) is 31.7 Å². The molecular weight excluding hydrogens is 280 g/mol. The fourth-order valence-electron chi connectivity index (χ4n) is 2.20. The monoisotopic (exact) mass is 302 g/mol. The van der Waals surface area contributed by atoms with Gasteiger partial charge < -0.3 is 11.1 Å². The molecule has 1 atom stereocenters. The highest BCUT2D eigenvalue weighted by atomic mass is 32.1. The number of hydrogen-bond donors (Lipinski definition) is 2. The van der Waals surface area contributed by atoms with E-state index in [9.17, 15) is 4.79 Å².